The lowest BCUT2D eigenvalue weighted by atomic mass is 10.1. The van der Waals surface area contributed by atoms with E-state index < -0.39 is 11.8 Å². The molecule has 0 fully saturated rings. The van der Waals surface area contributed by atoms with Gasteiger partial charge in [0.2, 0.25) is 0 Å². The second kappa shape index (κ2) is 9.89. The molecule has 0 bridgehead atoms. The molecule has 1 heterocycles. The van der Waals surface area contributed by atoms with Crippen LogP contribution in [0.25, 0.3) is 10.6 Å². The number of rotatable bonds is 6. The molecular weight excluding hydrogens is 422 g/mol. The number of carbonyl (C=O) groups excluding carboxylic acids is 2. The first kappa shape index (κ1) is 21.3. The number of para-hydroxylation sites is 1. The van der Waals surface area contributed by atoms with Crippen LogP contribution in [0.15, 0.2) is 84.2 Å². The monoisotopic (exact) mass is 443 g/mol. The Morgan fingerprint density at radius 3 is 2.47 bits per heavy atom. The van der Waals surface area contributed by atoms with Gasteiger partial charge in [0.25, 0.3) is 11.8 Å². The molecule has 0 spiro atoms. The van der Waals surface area contributed by atoms with Crippen LogP contribution in [0.2, 0.25) is 0 Å². The lowest BCUT2D eigenvalue weighted by Gasteiger charge is -2.10. The zero-order chi connectivity index (χ0) is 22.3. The summed E-state index contributed by atoms with van der Waals surface area (Å²) in [7, 11) is 0. The van der Waals surface area contributed by atoms with Gasteiger partial charge in [-0.2, -0.15) is 0 Å². The molecule has 0 aliphatic rings. The van der Waals surface area contributed by atoms with Gasteiger partial charge in [-0.15, -0.1) is 11.3 Å². The third-order valence-electron chi connectivity index (χ3n) is 4.66. The Morgan fingerprint density at radius 1 is 0.906 bits per heavy atom. The second-order valence-corrected chi connectivity index (χ2v) is 7.94. The summed E-state index contributed by atoms with van der Waals surface area (Å²) in [6.07, 6.45) is 0. The number of hydrogen-bond donors (Lipinski definition) is 2. The number of aryl methyl sites for hydroxylation is 1. The molecule has 4 rings (SSSR count). The third kappa shape index (κ3) is 5.19. The highest BCUT2D eigenvalue weighted by atomic mass is 32.1. The lowest BCUT2D eigenvalue weighted by molar-refractivity contribution is 0.0844. The van der Waals surface area contributed by atoms with E-state index >= 15 is 0 Å². The van der Waals surface area contributed by atoms with Gasteiger partial charge in [-0.3, -0.25) is 20.4 Å². The van der Waals surface area contributed by atoms with Crippen LogP contribution in [0.1, 0.15) is 32.0 Å². The van der Waals surface area contributed by atoms with Crippen molar-refractivity contribution in [2.75, 3.05) is 0 Å². The molecule has 2 N–H and O–H groups in total. The molecule has 0 saturated heterocycles. The van der Waals surface area contributed by atoms with Gasteiger partial charge in [0, 0.05) is 10.9 Å². The van der Waals surface area contributed by atoms with Crippen molar-refractivity contribution < 1.29 is 14.3 Å². The predicted octanol–water partition coefficient (Wildman–Crippen LogP) is 4.77. The Morgan fingerprint density at radius 2 is 1.66 bits per heavy atom. The average Bonchev–Trinajstić information content (AvgIpc) is 3.32. The number of carbonyl (C=O) groups is 2. The number of nitrogens with one attached hydrogen (secondary N) is 2. The molecule has 4 aromatic rings. The standard InChI is InChI=1S/C25H21N3O3S/c1-17-8-7-11-19(14-17)23(29)27-28-24(30)21-16-32-25(26-21)20-12-5-6-13-22(20)31-15-18-9-3-2-4-10-18/h2-14,16H,15H2,1H3,(H,27,29)(H,28,30). The molecule has 0 aliphatic heterocycles. The largest absolute Gasteiger partial charge is 0.488 e. The maximum atomic E-state index is 12.5. The SMILES string of the molecule is Cc1cccc(C(=O)NNC(=O)c2csc(-c3ccccc3OCc3ccccc3)n2)c1. The van der Waals surface area contributed by atoms with Gasteiger partial charge in [0.05, 0.1) is 5.56 Å². The normalized spacial score (nSPS) is 10.4. The Labute approximate surface area is 189 Å². The lowest BCUT2D eigenvalue weighted by Crippen LogP contribution is -2.41. The van der Waals surface area contributed by atoms with Crippen molar-refractivity contribution in [2.45, 2.75) is 13.5 Å². The Hall–Kier alpha value is -3.97. The van der Waals surface area contributed by atoms with Crippen LogP contribution in [-0.2, 0) is 6.61 Å². The molecule has 0 atom stereocenters. The average molecular weight is 444 g/mol. The van der Waals surface area contributed by atoms with E-state index in [1.165, 1.54) is 11.3 Å². The van der Waals surface area contributed by atoms with Crippen molar-refractivity contribution in [1.82, 2.24) is 15.8 Å². The number of aromatic nitrogens is 1. The number of hydrazine groups is 1. The molecule has 160 valence electrons. The molecule has 1 aromatic heterocycles. The topological polar surface area (TPSA) is 80.3 Å². The Bertz CT molecular complexity index is 1240. The van der Waals surface area contributed by atoms with Crippen LogP contribution in [0.5, 0.6) is 5.75 Å². The van der Waals surface area contributed by atoms with Gasteiger partial charge >= 0.3 is 0 Å². The summed E-state index contributed by atoms with van der Waals surface area (Å²) >= 11 is 1.33. The van der Waals surface area contributed by atoms with E-state index in [4.69, 9.17) is 4.74 Å². The molecule has 0 saturated carbocycles. The van der Waals surface area contributed by atoms with Crippen LogP contribution >= 0.6 is 11.3 Å². The molecule has 3 aromatic carbocycles. The van der Waals surface area contributed by atoms with E-state index in [2.05, 4.69) is 15.8 Å². The van der Waals surface area contributed by atoms with E-state index in [1.807, 2.05) is 67.6 Å². The van der Waals surface area contributed by atoms with Gasteiger partial charge in [-0.05, 0) is 36.8 Å². The molecule has 0 unspecified atom stereocenters. The fourth-order valence-electron chi connectivity index (χ4n) is 3.04. The fraction of sp³-hybridized carbons (Fsp3) is 0.0800. The van der Waals surface area contributed by atoms with Crippen LogP contribution < -0.4 is 15.6 Å². The van der Waals surface area contributed by atoms with Crippen molar-refractivity contribution in [2.24, 2.45) is 0 Å². The van der Waals surface area contributed by atoms with Gasteiger partial charge in [0.15, 0.2) is 0 Å². The minimum atomic E-state index is -0.490. The van der Waals surface area contributed by atoms with Crippen LogP contribution in [0, 0.1) is 6.92 Å². The van der Waals surface area contributed by atoms with Crippen molar-refractivity contribution in [3.8, 4) is 16.3 Å². The zero-order valence-electron chi connectivity index (χ0n) is 17.4. The van der Waals surface area contributed by atoms with Crippen molar-refractivity contribution in [3.05, 3.63) is 107 Å². The van der Waals surface area contributed by atoms with Gasteiger partial charge in [-0.25, -0.2) is 4.98 Å². The number of benzene rings is 3. The number of thiazole rings is 1. The highest BCUT2D eigenvalue weighted by Gasteiger charge is 2.16. The van der Waals surface area contributed by atoms with Gasteiger partial charge < -0.3 is 4.74 Å². The van der Waals surface area contributed by atoms with Crippen LogP contribution in [0.4, 0.5) is 0 Å². The van der Waals surface area contributed by atoms with E-state index in [1.54, 1.807) is 23.6 Å². The molecular formula is C25H21N3O3S. The van der Waals surface area contributed by atoms with Crippen molar-refractivity contribution in [3.63, 3.8) is 0 Å². The van der Waals surface area contributed by atoms with Crippen LogP contribution in [-0.4, -0.2) is 16.8 Å². The quantitative estimate of drug-likeness (QED) is 0.421. The summed E-state index contributed by atoms with van der Waals surface area (Å²) < 4.78 is 5.99. The summed E-state index contributed by atoms with van der Waals surface area (Å²) in [4.78, 5) is 29.1. The first-order chi connectivity index (χ1) is 15.6. The predicted molar refractivity (Wildman–Crippen MR) is 124 cm³/mol. The van der Waals surface area contributed by atoms with Gasteiger partial charge in [0.1, 0.15) is 23.1 Å². The van der Waals surface area contributed by atoms with Gasteiger partial charge in [-0.1, -0.05) is 60.2 Å². The highest BCUT2D eigenvalue weighted by Crippen LogP contribution is 2.32. The second-order valence-electron chi connectivity index (χ2n) is 7.09. The van der Waals surface area contributed by atoms with E-state index in [9.17, 15) is 9.59 Å². The minimum Gasteiger partial charge on any atom is -0.488 e. The Balaban J connectivity index is 1.42. The first-order valence-electron chi connectivity index (χ1n) is 9.99. The molecule has 32 heavy (non-hydrogen) atoms. The van der Waals surface area contributed by atoms with E-state index in [-0.39, 0.29) is 5.69 Å². The minimum absolute atomic E-state index is 0.215. The maximum absolute atomic E-state index is 12.5. The fourth-order valence-corrected chi connectivity index (χ4v) is 3.87. The maximum Gasteiger partial charge on any atom is 0.289 e. The smallest absolute Gasteiger partial charge is 0.289 e. The number of amides is 2. The Kier molecular flexibility index (Phi) is 6.57. The molecule has 0 aliphatic carbocycles. The number of nitrogens with zero attached hydrogens (tertiary/aromatic N) is 1. The van der Waals surface area contributed by atoms with E-state index in [0.29, 0.717) is 22.9 Å². The van der Waals surface area contributed by atoms with Crippen LogP contribution in [0.3, 0.4) is 0 Å². The summed E-state index contributed by atoms with van der Waals surface area (Å²) in [6.45, 7) is 2.33. The third-order valence-corrected chi connectivity index (χ3v) is 5.54. The summed E-state index contributed by atoms with van der Waals surface area (Å²) in [6, 6.07) is 24.6. The zero-order valence-corrected chi connectivity index (χ0v) is 18.2. The summed E-state index contributed by atoms with van der Waals surface area (Å²) in [5.41, 5.74) is 8.35. The number of ether oxygens (including phenoxy) is 1. The summed E-state index contributed by atoms with van der Waals surface area (Å²) in [5.74, 6) is -0.196. The molecule has 7 heteroatoms. The summed E-state index contributed by atoms with van der Waals surface area (Å²) in [5, 5.41) is 2.31. The molecule has 6 nitrogen and oxygen atoms in total. The van der Waals surface area contributed by atoms with E-state index in [0.717, 1.165) is 16.7 Å². The van der Waals surface area contributed by atoms with Crippen molar-refractivity contribution >= 4 is 23.2 Å². The highest BCUT2D eigenvalue weighted by molar-refractivity contribution is 7.13. The van der Waals surface area contributed by atoms with Crippen molar-refractivity contribution in [1.29, 1.82) is 0 Å². The number of hydrogen-bond acceptors (Lipinski definition) is 5. The molecule has 2 amide bonds. The molecule has 0 radical (unpaired) electrons. The first-order valence-corrected chi connectivity index (χ1v) is 10.9.